The molecule has 16 heavy (non-hydrogen) atoms. The summed E-state index contributed by atoms with van der Waals surface area (Å²) in [5, 5.41) is 3.50. The van der Waals surface area contributed by atoms with Gasteiger partial charge in [-0.2, -0.15) is 0 Å². The molecule has 0 aliphatic carbocycles. The maximum absolute atomic E-state index is 11.3. The minimum absolute atomic E-state index is 0.273. The van der Waals surface area contributed by atoms with Crippen LogP contribution in [0.2, 0.25) is 0 Å². The first-order valence-corrected chi connectivity index (χ1v) is 7.75. The summed E-state index contributed by atoms with van der Waals surface area (Å²) in [7, 11) is -0.561. The average Bonchev–Trinajstić information content (AvgIpc) is 2.21. The van der Waals surface area contributed by atoms with Crippen LogP contribution >= 0.6 is 0 Å². The van der Waals surface area contributed by atoms with Crippen LogP contribution in [0.15, 0.2) is 0 Å². The number of hydrogen-bond acceptors (Lipinski definition) is 3. The molecule has 0 aromatic rings. The van der Waals surface area contributed by atoms with E-state index in [0.717, 1.165) is 37.7 Å². The minimum Gasteiger partial charge on any atom is -0.314 e. The van der Waals surface area contributed by atoms with Crippen LogP contribution in [-0.4, -0.2) is 52.8 Å². The molecule has 0 radical (unpaired) electrons. The van der Waals surface area contributed by atoms with Gasteiger partial charge in [0.25, 0.3) is 0 Å². The molecule has 1 heterocycles. The Kier molecular flexibility index (Phi) is 5.41. The lowest BCUT2D eigenvalue weighted by Gasteiger charge is -2.38. The SMILES string of the molecule is CCNC(C)C(C)(C)CN1CCS(=O)CC1. The van der Waals surface area contributed by atoms with E-state index in [2.05, 4.69) is 37.9 Å². The molecule has 1 N–H and O–H groups in total. The lowest BCUT2D eigenvalue weighted by molar-refractivity contribution is 0.152. The van der Waals surface area contributed by atoms with Gasteiger partial charge in [0.2, 0.25) is 0 Å². The molecular formula is C12H26N2OS. The van der Waals surface area contributed by atoms with Crippen molar-refractivity contribution in [3.8, 4) is 0 Å². The maximum Gasteiger partial charge on any atom is 0.0363 e. The molecular weight excluding hydrogens is 220 g/mol. The Morgan fingerprint density at radius 1 is 1.38 bits per heavy atom. The van der Waals surface area contributed by atoms with Crippen molar-refractivity contribution in [2.45, 2.75) is 33.7 Å². The van der Waals surface area contributed by atoms with E-state index in [4.69, 9.17) is 0 Å². The van der Waals surface area contributed by atoms with Crippen molar-refractivity contribution in [2.24, 2.45) is 5.41 Å². The summed E-state index contributed by atoms with van der Waals surface area (Å²) in [5.41, 5.74) is 0.273. The molecule has 0 spiro atoms. The Bertz CT molecular complexity index is 233. The van der Waals surface area contributed by atoms with E-state index in [1.165, 1.54) is 0 Å². The Morgan fingerprint density at radius 2 is 1.94 bits per heavy atom. The number of nitrogens with one attached hydrogen (secondary N) is 1. The van der Waals surface area contributed by atoms with Crippen molar-refractivity contribution in [2.75, 3.05) is 37.7 Å². The van der Waals surface area contributed by atoms with Gasteiger partial charge in [-0.3, -0.25) is 4.21 Å². The zero-order chi connectivity index (χ0) is 12.2. The Morgan fingerprint density at radius 3 is 2.44 bits per heavy atom. The molecule has 1 aliphatic heterocycles. The predicted molar refractivity (Wildman–Crippen MR) is 71.2 cm³/mol. The zero-order valence-corrected chi connectivity index (χ0v) is 11.9. The third-order valence-corrected chi connectivity index (χ3v) is 4.86. The van der Waals surface area contributed by atoms with Crippen LogP contribution in [0, 0.1) is 5.41 Å². The minimum atomic E-state index is -0.561. The van der Waals surface area contributed by atoms with Crippen molar-refractivity contribution in [1.82, 2.24) is 10.2 Å². The first kappa shape index (κ1) is 14.1. The number of rotatable bonds is 5. The van der Waals surface area contributed by atoms with Gasteiger partial charge >= 0.3 is 0 Å². The van der Waals surface area contributed by atoms with Gasteiger partial charge in [-0.15, -0.1) is 0 Å². The van der Waals surface area contributed by atoms with E-state index in [1.54, 1.807) is 0 Å². The van der Waals surface area contributed by atoms with E-state index in [-0.39, 0.29) is 5.41 Å². The highest BCUT2D eigenvalue weighted by atomic mass is 32.2. The summed E-state index contributed by atoms with van der Waals surface area (Å²) in [6.45, 7) is 13.1. The normalized spacial score (nSPS) is 22.2. The van der Waals surface area contributed by atoms with Gasteiger partial charge in [0.15, 0.2) is 0 Å². The third-order valence-electron chi connectivity index (χ3n) is 3.58. The van der Waals surface area contributed by atoms with Crippen molar-refractivity contribution in [1.29, 1.82) is 0 Å². The molecule has 3 nitrogen and oxygen atoms in total. The van der Waals surface area contributed by atoms with Gasteiger partial charge in [0.05, 0.1) is 0 Å². The largest absolute Gasteiger partial charge is 0.314 e. The summed E-state index contributed by atoms with van der Waals surface area (Å²) in [5.74, 6) is 1.71. The molecule has 1 saturated heterocycles. The van der Waals surface area contributed by atoms with Crippen molar-refractivity contribution >= 4 is 10.8 Å². The molecule has 0 aromatic heterocycles. The molecule has 0 amide bonds. The summed E-state index contributed by atoms with van der Waals surface area (Å²) in [6.07, 6.45) is 0. The standard InChI is InChI=1S/C12H26N2OS/c1-5-13-11(2)12(3,4)10-14-6-8-16(15)9-7-14/h11,13H,5-10H2,1-4H3. The van der Waals surface area contributed by atoms with Crippen LogP contribution < -0.4 is 5.32 Å². The lowest BCUT2D eigenvalue weighted by Crippen LogP contribution is -2.49. The van der Waals surface area contributed by atoms with Crippen LogP contribution in [0.25, 0.3) is 0 Å². The second-order valence-corrected chi connectivity index (χ2v) is 7.09. The maximum atomic E-state index is 11.3. The van der Waals surface area contributed by atoms with Gasteiger partial charge in [-0.05, 0) is 18.9 Å². The molecule has 1 atom stereocenters. The number of nitrogens with zero attached hydrogens (tertiary/aromatic N) is 1. The first-order chi connectivity index (χ1) is 7.45. The van der Waals surface area contributed by atoms with Gasteiger partial charge in [-0.1, -0.05) is 20.8 Å². The number of hydrogen-bond donors (Lipinski definition) is 1. The van der Waals surface area contributed by atoms with Gasteiger partial charge in [-0.25, -0.2) is 0 Å². The molecule has 4 heteroatoms. The molecule has 1 fully saturated rings. The predicted octanol–water partition coefficient (Wildman–Crippen LogP) is 1.07. The van der Waals surface area contributed by atoms with Crippen LogP contribution in [0.1, 0.15) is 27.7 Å². The van der Waals surface area contributed by atoms with Crippen LogP contribution in [0.5, 0.6) is 0 Å². The summed E-state index contributed by atoms with van der Waals surface area (Å²) in [4.78, 5) is 2.45. The van der Waals surface area contributed by atoms with Gasteiger partial charge < -0.3 is 10.2 Å². The second-order valence-electron chi connectivity index (χ2n) is 5.39. The summed E-state index contributed by atoms with van der Waals surface area (Å²) >= 11 is 0. The molecule has 96 valence electrons. The van der Waals surface area contributed by atoms with Crippen molar-refractivity contribution in [3.63, 3.8) is 0 Å². The monoisotopic (exact) mass is 246 g/mol. The lowest BCUT2D eigenvalue weighted by atomic mass is 9.84. The average molecular weight is 246 g/mol. The van der Waals surface area contributed by atoms with Crippen molar-refractivity contribution in [3.05, 3.63) is 0 Å². The van der Waals surface area contributed by atoms with Gasteiger partial charge in [0, 0.05) is 48.0 Å². The highest BCUT2D eigenvalue weighted by Gasteiger charge is 2.29. The Balaban J connectivity index is 2.42. The highest BCUT2D eigenvalue weighted by Crippen LogP contribution is 2.22. The Labute approximate surface area is 102 Å². The van der Waals surface area contributed by atoms with Crippen molar-refractivity contribution < 1.29 is 4.21 Å². The van der Waals surface area contributed by atoms with Crippen LogP contribution in [0.3, 0.4) is 0 Å². The second kappa shape index (κ2) is 6.12. The van der Waals surface area contributed by atoms with E-state index in [9.17, 15) is 4.21 Å². The topological polar surface area (TPSA) is 32.3 Å². The summed E-state index contributed by atoms with van der Waals surface area (Å²) < 4.78 is 11.3. The van der Waals surface area contributed by atoms with Crippen LogP contribution in [0.4, 0.5) is 0 Å². The summed E-state index contributed by atoms with van der Waals surface area (Å²) in [6, 6.07) is 0.518. The fourth-order valence-electron chi connectivity index (χ4n) is 2.13. The fourth-order valence-corrected chi connectivity index (χ4v) is 3.26. The molecule has 1 unspecified atom stereocenters. The fraction of sp³-hybridized carbons (Fsp3) is 1.00. The van der Waals surface area contributed by atoms with Crippen LogP contribution in [-0.2, 0) is 10.8 Å². The molecule has 1 rings (SSSR count). The highest BCUT2D eigenvalue weighted by molar-refractivity contribution is 7.85. The van der Waals surface area contributed by atoms with E-state index >= 15 is 0 Å². The first-order valence-electron chi connectivity index (χ1n) is 6.26. The molecule has 0 saturated carbocycles. The van der Waals surface area contributed by atoms with E-state index in [1.807, 2.05) is 0 Å². The van der Waals surface area contributed by atoms with Gasteiger partial charge in [0.1, 0.15) is 0 Å². The molecule has 1 aliphatic rings. The Hall–Kier alpha value is 0.0700. The van der Waals surface area contributed by atoms with E-state index in [0.29, 0.717) is 6.04 Å². The third kappa shape index (κ3) is 4.15. The zero-order valence-electron chi connectivity index (χ0n) is 11.1. The van der Waals surface area contributed by atoms with E-state index < -0.39 is 10.8 Å². The molecule has 0 aromatic carbocycles. The molecule has 0 bridgehead atoms. The smallest absolute Gasteiger partial charge is 0.0363 e. The quantitative estimate of drug-likeness (QED) is 0.788.